The molecule has 0 saturated heterocycles. The monoisotopic (exact) mass is 268 g/mol. The Kier molecular flexibility index (Phi) is 5.05. The lowest BCUT2D eigenvalue weighted by Crippen LogP contribution is -2.16. The summed E-state index contributed by atoms with van der Waals surface area (Å²) < 4.78 is 0. The topological polar surface area (TPSA) is 34.1 Å². The molecule has 2 heteroatoms. The van der Waals surface area contributed by atoms with Crippen molar-refractivity contribution in [2.75, 3.05) is 0 Å². The van der Waals surface area contributed by atoms with E-state index < -0.39 is 5.92 Å². The average Bonchev–Trinajstić information content (AvgIpc) is 2.50. The Balaban J connectivity index is 2.27. The zero-order valence-corrected chi connectivity index (χ0v) is 11.8. The van der Waals surface area contributed by atoms with E-state index in [1.54, 1.807) is 0 Å². The summed E-state index contributed by atoms with van der Waals surface area (Å²) in [6.07, 6.45) is 4.54. The minimum absolute atomic E-state index is 0.0482. The van der Waals surface area contributed by atoms with Crippen molar-refractivity contribution in [1.82, 2.24) is 0 Å². The zero-order chi connectivity index (χ0) is 14.4. The first-order valence-electron chi connectivity index (χ1n) is 7.25. The number of benzene rings is 2. The van der Waals surface area contributed by atoms with Gasteiger partial charge < -0.3 is 4.79 Å². The van der Waals surface area contributed by atoms with Gasteiger partial charge in [-0.05, 0) is 17.2 Å². The van der Waals surface area contributed by atoms with Crippen LogP contribution in [0.2, 0.25) is 0 Å². The predicted octanol–water partition coefficient (Wildman–Crippen LogP) is 4.42. The lowest BCUT2D eigenvalue weighted by molar-refractivity contribution is -0.110. The Morgan fingerprint density at radius 1 is 1.10 bits per heavy atom. The first-order valence-corrected chi connectivity index (χ1v) is 7.25. The van der Waals surface area contributed by atoms with E-state index in [0.29, 0.717) is 12.0 Å². The molecule has 104 valence electrons. The van der Waals surface area contributed by atoms with Crippen molar-refractivity contribution in [3.63, 3.8) is 0 Å². The smallest absolute Gasteiger partial charge is 0.173 e. The third kappa shape index (κ3) is 3.13. The predicted molar refractivity (Wildman–Crippen MR) is 82.0 cm³/mol. The van der Waals surface area contributed by atoms with E-state index >= 15 is 0 Å². The van der Waals surface area contributed by atoms with Crippen LogP contribution >= 0.6 is 0 Å². The van der Waals surface area contributed by atoms with E-state index in [9.17, 15) is 9.59 Å². The van der Waals surface area contributed by atoms with Crippen molar-refractivity contribution >= 4 is 22.8 Å². The summed E-state index contributed by atoms with van der Waals surface area (Å²) in [6.45, 7) is 2.11. The molecule has 0 spiro atoms. The molecule has 2 aromatic rings. The van der Waals surface area contributed by atoms with Crippen LogP contribution in [0.4, 0.5) is 0 Å². The van der Waals surface area contributed by atoms with Crippen molar-refractivity contribution in [3.05, 3.63) is 48.0 Å². The molecule has 0 bridgehead atoms. The van der Waals surface area contributed by atoms with Gasteiger partial charge in [-0.15, -0.1) is 0 Å². The van der Waals surface area contributed by atoms with Gasteiger partial charge in [-0.1, -0.05) is 68.7 Å². The van der Waals surface area contributed by atoms with E-state index in [-0.39, 0.29) is 5.78 Å². The highest BCUT2D eigenvalue weighted by molar-refractivity contribution is 6.13. The normalized spacial score (nSPS) is 12.2. The number of carbonyl (C=O) groups is 2. The van der Waals surface area contributed by atoms with Gasteiger partial charge >= 0.3 is 0 Å². The first kappa shape index (κ1) is 14.4. The third-order valence-corrected chi connectivity index (χ3v) is 3.67. The number of carbonyl (C=O) groups excluding carboxylic acids is 2. The van der Waals surface area contributed by atoms with Crippen LogP contribution in [0.1, 0.15) is 43.0 Å². The highest BCUT2D eigenvalue weighted by Gasteiger charge is 2.20. The van der Waals surface area contributed by atoms with Crippen molar-refractivity contribution in [2.24, 2.45) is 5.92 Å². The number of rotatable bonds is 7. The Labute approximate surface area is 119 Å². The van der Waals surface area contributed by atoms with Crippen molar-refractivity contribution in [1.29, 1.82) is 0 Å². The molecule has 0 aliphatic rings. The lowest BCUT2D eigenvalue weighted by atomic mass is 9.91. The minimum Gasteiger partial charge on any atom is -0.303 e. The second-order valence-electron chi connectivity index (χ2n) is 5.13. The molecular formula is C18H20O2. The van der Waals surface area contributed by atoms with Gasteiger partial charge in [0.05, 0.1) is 5.92 Å². The Morgan fingerprint density at radius 3 is 2.60 bits per heavy atom. The van der Waals surface area contributed by atoms with Gasteiger partial charge in [-0.25, -0.2) is 0 Å². The number of fused-ring (bicyclic) bond motifs is 1. The molecular weight excluding hydrogens is 248 g/mol. The average molecular weight is 268 g/mol. The fourth-order valence-electron chi connectivity index (χ4n) is 2.52. The Morgan fingerprint density at radius 2 is 1.85 bits per heavy atom. The lowest BCUT2D eigenvalue weighted by Gasteiger charge is -2.11. The maximum absolute atomic E-state index is 12.6. The first-order chi connectivity index (χ1) is 9.77. The molecule has 20 heavy (non-hydrogen) atoms. The summed E-state index contributed by atoms with van der Waals surface area (Å²) in [6, 6.07) is 13.5. The third-order valence-electron chi connectivity index (χ3n) is 3.67. The maximum Gasteiger partial charge on any atom is 0.173 e. The van der Waals surface area contributed by atoms with Crippen molar-refractivity contribution in [2.45, 2.75) is 32.6 Å². The van der Waals surface area contributed by atoms with Crippen molar-refractivity contribution < 1.29 is 9.59 Å². The molecule has 0 aromatic heterocycles. The molecule has 0 aliphatic carbocycles. The van der Waals surface area contributed by atoms with Crippen LogP contribution in [-0.4, -0.2) is 12.1 Å². The van der Waals surface area contributed by atoms with Gasteiger partial charge in [0, 0.05) is 5.56 Å². The molecule has 0 radical (unpaired) electrons. The van der Waals surface area contributed by atoms with Gasteiger partial charge in [0.15, 0.2) is 5.78 Å². The van der Waals surface area contributed by atoms with Gasteiger partial charge in [-0.3, -0.25) is 4.79 Å². The second-order valence-corrected chi connectivity index (χ2v) is 5.13. The fourth-order valence-corrected chi connectivity index (χ4v) is 2.52. The molecule has 1 atom stereocenters. The molecule has 2 aromatic carbocycles. The van der Waals surface area contributed by atoms with Crippen LogP contribution < -0.4 is 0 Å². The number of hydrogen-bond acceptors (Lipinski definition) is 2. The van der Waals surface area contributed by atoms with E-state index in [1.807, 2.05) is 42.5 Å². The maximum atomic E-state index is 12.6. The van der Waals surface area contributed by atoms with Crippen LogP contribution in [0.5, 0.6) is 0 Å². The minimum atomic E-state index is -0.507. The van der Waals surface area contributed by atoms with E-state index in [2.05, 4.69) is 6.92 Å². The van der Waals surface area contributed by atoms with Crippen LogP contribution in [0.15, 0.2) is 42.5 Å². The highest BCUT2D eigenvalue weighted by atomic mass is 16.1. The highest BCUT2D eigenvalue weighted by Crippen LogP contribution is 2.22. The molecule has 0 fully saturated rings. The molecule has 0 saturated carbocycles. The standard InChI is InChI=1S/C18H20O2/c1-2-3-4-9-15(13-19)18(20)17-12-7-10-14-8-5-6-11-16(14)17/h5-8,10-13,15H,2-4,9H2,1H3. The number of ketones is 1. The molecule has 1 unspecified atom stereocenters. The number of Topliss-reactive ketones (excluding diaryl/α,β-unsaturated/α-hetero) is 1. The Bertz CT molecular complexity index is 596. The molecule has 0 heterocycles. The SMILES string of the molecule is CCCCCC(C=O)C(=O)c1cccc2ccccc12. The molecule has 0 N–H and O–H groups in total. The molecule has 0 aliphatic heterocycles. The summed E-state index contributed by atoms with van der Waals surface area (Å²) in [5, 5.41) is 1.97. The van der Waals surface area contributed by atoms with Crippen molar-refractivity contribution in [3.8, 4) is 0 Å². The number of hydrogen-bond donors (Lipinski definition) is 0. The quantitative estimate of drug-likeness (QED) is 0.322. The zero-order valence-electron chi connectivity index (χ0n) is 11.8. The van der Waals surface area contributed by atoms with E-state index in [0.717, 1.165) is 36.3 Å². The van der Waals surface area contributed by atoms with Gasteiger partial charge in [0.1, 0.15) is 6.29 Å². The van der Waals surface area contributed by atoms with Crippen LogP contribution in [0, 0.1) is 5.92 Å². The summed E-state index contributed by atoms with van der Waals surface area (Å²) in [5.74, 6) is -0.555. The second kappa shape index (κ2) is 6.99. The fraction of sp³-hybridized carbons (Fsp3) is 0.333. The summed E-state index contributed by atoms with van der Waals surface area (Å²) in [7, 11) is 0. The van der Waals surface area contributed by atoms with Gasteiger partial charge in [0.2, 0.25) is 0 Å². The van der Waals surface area contributed by atoms with Crippen LogP contribution in [-0.2, 0) is 4.79 Å². The van der Waals surface area contributed by atoms with Gasteiger partial charge in [-0.2, -0.15) is 0 Å². The summed E-state index contributed by atoms with van der Waals surface area (Å²) in [4.78, 5) is 23.8. The molecule has 0 amide bonds. The summed E-state index contributed by atoms with van der Waals surface area (Å²) >= 11 is 0. The van der Waals surface area contributed by atoms with Gasteiger partial charge in [0.25, 0.3) is 0 Å². The number of aldehydes is 1. The van der Waals surface area contributed by atoms with Crippen LogP contribution in [0.25, 0.3) is 10.8 Å². The largest absolute Gasteiger partial charge is 0.303 e. The number of unbranched alkanes of at least 4 members (excludes halogenated alkanes) is 2. The molecule has 2 nitrogen and oxygen atoms in total. The van der Waals surface area contributed by atoms with E-state index in [4.69, 9.17) is 0 Å². The Hall–Kier alpha value is -1.96. The molecule has 2 rings (SSSR count). The van der Waals surface area contributed by atoms with Crippen LogP contribution in [0.3, 0.4) is 0 Å². The van der Waals surface area contributed by atoms with E-state index in [1.165, 1.54) is 0 Å². The summed E-state index contributed by atoms with van der Waals surface area (Å²) in [5.41, 5.74) is 0.664.